The van der Waals surface area contributed by atoms with E-state index in [1.807, 2.05) is 25.1 Å². The summed E-state index contributed by atoms with van der Waals surface area (Å²) in [5.41, 5.74) is 6.90. The highest BCUT2D eigenvalue weighted by Crippen LogP contribution is 2.31. The molecule has 1 saturated carbocycles. The van der Waals surface area contributed by atoms with E-state index >= 15 is 0 Å². The zero-order valence-electron chi connectivity index (χ0n) is 10.5. The van der Waals surface area contributed by atoms with Crippen LogP contribution in [0.1, 0.15) is 26.2 Å². The predicted octanol–water partition coefficient (Wildman–Crippen LogP) is 2.62. The molecule has 94 valence electrons. The molecule has 3 nitrogen and oxygen atoms in total. The third-order valence-corrected chi connectivity index (χ3v) is 3.49. The van der Waals surface area contributed by atoms with Gasteiger partial charge in [-0.05, 0) is 44.4 Å². The molecule has 2 unspecified atom stereocenters. The molecule has 3 heteroatoms. The number of nitrogens with one attached hydrogen (secondary N) is 1. The molecule has 1 aliphatic rings. The van der Waals surface area contributed by atoms with Crippen molar-refractivity contribution in [3.8, 4) is 5.75 Å². The second-order valence-corrected chi connectivity index (χ2v) is 4.61. The lowest BCUT2D eigenvalue weighted by Crippen LogP contribution is -2.29. The van der Waals surface area contributed by atoms with Gasteiger partial charge in [0.05, 0.1) is 12.3 Å². The molecular weight excluding hydrogens is 212 g/mol. The highest BCUT2D eigenvalue weighted by molar-refractivity contribution is 5.56. The first-order valence-corrected chi connectivity index (χ1v) is 6.53. The Morgan fingerprint density at radius 2 is 2.18 bits per heavy atom. The van der Waals surface area contributed by atoms with Gasteiger partial charge < -0.3 is 15.8 Å². The summed E-state index contributed by atoms with van der Waals surface area (Å²) < 4.78 is 5.62. The quantitative estimate of drug-likeness (QED) is 0.823. The first kappa shape index (κ1) is 12.2. The molecule has 0 heterocycles. The van der Waals surface area contributed by atoms with Gasteiger partial charge in [-0.3, -0.25) is 0 Å². The van der Waals surface area contributed by atoms with Crippen molar-refractivity contribution in [2.75, 3.05) is 18.5 Å². The van der Waals surface area contributed by atoms with Crippen molar-refractivity contribution >= 4 is 5.69 Å². The van der Waals surface area contributed by atoms with Gasteiger partial charge in [0, 0.05) is 6.04 Å². The van der Waals surface area contributed by atoms with Gasteiger partial charge in [-0.2, -0.15) is 0 Å². The van der Waals surface area contributed by atoms with E-state index in [0.29, 0.717) is 18.6 Å². The molecule has 17 heavy (non-hydrogen) atoms. The van der Waals surface area contributed by atoms with Crippen molar-refractivity contribution < 1.29 is 4.74 Å². The highest BCUT2D eigenvalue weighted by atomic mass is 16.5. The van der Waals surface area contributed by atoms with Crippen LogP contribution in [0, 0.1) is 5.92 Å². The molecule has 0 bridgehead atoms. The van der Waals surface area contributed by atoms with E-state index in [4.69, 9.17) is 10.5 Å². The summed E-state index contributed by atoms with van der Waals surface area (Å²) in [6, 6.07) is 8.64. The summed E-state index contributed by atoms with van der Waals surface area (Å²) in [6.45, 7) is 3.48. The third kappa shape index (κ3) is 2.91. The Balaban J connectivity index is 2.07. The molecule has 2 atom stereocenters. The molecule has 1 fully saturated rings. The standard InChI is InChI=1S/C14H22N2O/c1-2-17-14-9-4-3-7-13(14)16-12-8-5-6-11(12)10-15/h3-4,7,9,11-12,16H,2,5-6,8,10,15H2,1H3. The average molecular weight is 234 g/mol. The summed E-state index contributed by atoms with van der Waals surface area (Å²) in [4.78, 5) is 0. The van der Waals surface area contributed by atoms with Crippen molar-refractivity contribution in [3.05, 3.63) is 24.3 Å². The fourth-order valence-corrected chi connectivity index (χ4v) is 2.58. The number of para-hydroxylation sites is 2. The molecular formula is C14H22N2O. The molecule has 2 rings (SSSR count). The van der Waals surface area contributed by atoms with Crippen LogP contribution in [-0.4, -0.2) is 19.2 Å². The van der Waals surface area contributed by atoms with E-state index in [-0.39, 0.29) is 0 Å². The molecule has 0 amide bonds. The zero-order chi connectivity index (χ0) is 12.1. The maximum Gasteiger partial charge on any atom is 0.142 e. The number of hydrogen-bond donors (Lipinski definition) is 2. The van der Waals surface area contributed by atoms with Crippen LogP contribution in [0.4, 0.5) is 5.69 Å². The Bertz CT molecular complexity index is 354. The largest absolute Gasteiger partial charge is 0.492 e. The van der Waals surface area contributed by atoms with Gasteiger partial charge >= 0.3 is 0 Å². The maximum absolute atomic E-state index is 5.80. The van der Waals surface area contributed by atoms with Gasteiger partial charge in [0.25, 0.3) is 0 Å². The lowest BCUT2D eigenvalue weighted by atomic mass is 10.0. The van der Waals surface area contributed by atoms with Crippen molar-refractivity contribution in [1.29, 1.82) is 0 Å². The fraction of sp³-hybridized carbons (Fsp3) is 0.571. The van der Waals surface area contributed by atoms with Gasteiger partial charge in [0.15, 0.2) is 0 Å². The van der Waals surface area contributed by atoms with Crippen LogP contribution >= 0.6 is 0 Å². The number of anilines is 1. The first-order chi connectivity index (χ1) is 8.35. The predicted molar refractivity (Wildman–Crippen MR) is 71.4 cm³/mol. The lowest BCUT2D eigenvalue weighted by Gasteiger charge is -2.22. The van der Waals surface area contributed by atoms with E-state index in [2.05, 4.69) is 11.4 Å². The first-order valence-electron chi connectivity index (χ1n) is 6.53. The molecule has 0 saturated heterocycles. The Morgan fingerprint density at radius 1 is 1.35 bits per heavy atom. The topological polar surface area (TPSA) is 47.3 Å². The van der Waals surface area contributed by atoms with Crippen molar-refractivity contribution in [2.24, 2.45) is 11.7 Å². The van der Waals surface area contributed by atoms with Crippen LogP contribution in [0.2, 0.25) is 0 Å². The number of nitrogens with two attached hydrogens (primary N) is 1. The molecule has 1 aromatic carbocycles. The summed E-state index contributed by atoms with van der Waals surface area (Å²) in [5, 5.41) is 3.59. The SMILES string of the molecule is CCOc1ccccc1NC1CCCC1CN. The Hall–Kier alpha value is -1.22. The molecule has 0 aliphatic heterocycles. The number of benzene rings is 1. The summed E-state index contributed by atoms with van der Waals surface area (Å²) in [7, 11) is 0. The molecule has 0 radical (unpaired) electrons. The van der Waals surface area contributed by atoms with Crippen LogP contribution in [0.25, 0.3) is 0 Å². The second-order valence-electron chi connectivity index (χ2n) is 4.61. The minimum atomic E-state index is 0.501. The molecule has 3 N–H and O–H groups in total. The van der Waals surface area contributed by atoms with E-state index in [1.54, 1.807) is 0 Å². The van der Waals surface area contributed by atoms with Crippen molar-refractivity contribution in [3.63, 3.8) is 0 Å². The monoisotopic (exact) mass is 234 g/mol. The van der Waals surface area contributed by atoms with Gasteiger partial charge in [0.1, 0.15) is 5.75 Å². The summed E-state index contributed by atoms with van der Waals surface area (Å²) >= 11 is 0. The number of ether oxygens (including phenoxy) is 1. The van der Waals surface area contributed by atoms with E-state index < -0.39 is 0 Å². The normalized spacial score (nSPS) is 23.6. The number of rotatable bonds is 5. The highest BCUT2D eigenvalue weighted by Gasteiger charge is 2.26. The van der Waals surface area contributed by atoms with Crippen LogP contribution in [-0.2, 0) is 0 Å². The van der Waals surface area contributed by atoms with Crippen LogP contribution < -0.4 is 15.8 Å². The van der Waals surface area contributed by atoms with E-state index in [0.717, 1.165) is 18.0 Å². The smallest absolute Gasteiger partial charge is 0.142 e. The molecule has 1 aromatic rings. The molecule has 0 spiro atoms. The minimum absolute atomic E-state index is 0.501. The summed E-state index contributed by atoms with van der Waals surface area (Å²) in [5.74, 6) is 1.54. The van der Waals surface area contributed by atoms with Crippen LogP contribution in [0.3, 0.4) is 0 Å². The van der Waals surface area contributed by atoms with Gasteiger partial charge in [-0.1, -0.05) is 18.6 Å². The van der Waals surface area contributed by atoms with Gasteiger partial charge in [-0.25, -0.2) is 0 Å². The maximum atomic E-state index is 5.80. The summed E-state index contributed by atoms with van der Waals surface area (Å²) in [6.07, 6.45) is 3.73. The second kappa shape index (κ2) is 5.92. The zero-order valence-corrected chi connectivity index (χ0v) is 10.5. The van der Waals surface area contributed by atoms with E-state index in [1.165, 1.54) is 19.3 Å². The Kier molecular flexibility index (Phi) is 4.26. The molecule has 0 aromatic heterocycles. The van der Waals surface area contributed by atoms with E-state index in [9.17, 15) is 0 Å². The van der Waals surface area contributed by atoms with Gasteiger partial charge in [0.2, 0.25) is 0 Å². The average Bonchev–Trinajstić information content (AvgIpc) is 2.79. The van der Waals surface area contributed by atoms with Crippen molar-refractivity contribution in [2.45, 2.75) is 32.2 Å². The lowest BCUT2D eigenvalue weighted by molar-refractivity contribution is 0.341. The van der Waals surface area contributed by atoms with Crippen molar-refractivity contribution in [1.82, 2.24) is 0 Å². The fourth-order valence-electron chi connectivity index (χ4n) is 2.58. The van der Waals surface area contributed by atoms with Crippen LogP contribution in [0.5, 0.6) is 5.75 Å². The molecule has 1 aliphatic carbocycles. The third-order valence-electron chi connectivity index (χ3n) is 3.49. The minimum Gasteiger partial charge on any atom is -0.492 e. The Morgan fingerprint density at radius 3 is 2.94 bits per heavy atom. The van der Waals surface area contributed by atoms with Crippen LogP contribution in [0.15, 0.2) is 24.3 Å². The van der Waals surface area contributed by atoms with Gasteiger partial charge in [-0.15, -0.1) is 0 Å². The Labute approximate surface area is 103 Å². The number of hydrogen-bond acceptors (Lipinski definition) is 3.